The van der Waals surface area contributed by atoms with Gasteiger partial charge in [0, 0.05) is 45.3 Å². The summed E-state index contributed by atoms with van der Waals surface area (Å²) in [4.78, 5) is 16.7. The molecule has 0 aliphatic carbocycles. The summed E-state index contributed by atoms with van der Waals surface area (Å²) in [6.45, 7) is 9.74. The molecule has 5 nitrogen and oxygen atoms in total. The van der Waals surface area contributed by atoms with Crippen LogP contribution in [0.3, 0.4) is 0 Å². The fourth-order valence-corrected chi connectivity index (χ4v) is 2.91. The van der Waals surface area contributed by atoms with E-state index in [1.165, 1.54) is 0 Å². The minimum absolute atomic E-state index is 0.112. The summed E-state index contributed by atoms with van der Waals surface area (Å²) >= 11 is 0. The monoisotopic (exact) mass is 263 g/mol. The Bertz CT molecular complexity index is 471. The number of furan rings is 1. The van der Waals surface area contributed by atoms with Crippen molar-refractivity contribution in [2.75, 3.05) is 39.3 Å². The molecule has 2 saturated heterocycles. The van der Waals surface area contributed by atoms with E-state index in [-0.39, 0.29) is 5.91 Å². The van der Waals surface area contributed by atoms with Gasteiger partial charge in [-0.2, -0.15) is 0 Å². The molecule has 2 fully saturated rings. The van der Waals surface area contributed by atoms with E-state index >= 15 is 0 Å². The predicted molar refractivity (Wildman–Crippen MR) is 72.3 cm³/mol. The Morgan fingerprint density at radius 2 is 2.00 bits per heavy atom. The molecule has 3 rings (SSSR count). The first-order valence-electron chi connectivity index (χ1n) is 6.96. The molecule has 0 spiro atoms. The predicted octanol–water partition coefficient (Wildman–Crippen LogP) is 0.626. The van der Waals surface area contributed by atoms with Crippen molar-refractivity contribution in [3.63, 3.8) is 0 Å². The van der Waals surface area contributed by atoms with E-state index in [0.717, 1.165) is 56.4 Å². The van der Waals surface area contributed by atoms with Gasteiger partial charge in [-0.1, -0.05) is 0 Å². The van der Waals surface area contributed by atoms with Crippen molar-refractivity contribution in [2.45, 2.75) is 19.9 Å². The van der Waals surface area contributed by atoms with Gasteiger partial charge in [-0.3, -0.25) is 9.69 Å². The first kappa shape index (κ1) is 12.7. The maximum Gasteiger partial charge on any atom is 0.257 e. The Kier molecular flexibility index (Phi) is 3.33. The van der Waals surface area contributed by atoms with Crippen LogP contribution in [0.5, 0.6) is 0 Å². The van der Waals surface area contributed by atoms with Gasteiger partial charge in [0.25, 0.3) is 5.91 Å². The number of nitrogens with zero attached hydrogens (tertiary/aromatic N) is 2. The summed E-state index contributed by atoms with van der Waals surface area (Å²) in [6.07, 6.45) is 0. The standard InChI is InChI=1S/C14H21N3O2/c1-10-7-13(11(2)19-10)14(18)17-8-12(9-17)16-5-3-15-4-6-16/h7,12,15H,3-6,8-9H2,1-2H3. The highest BCUT2D eigenvalue weighted by atomic mass is 16.3. The van der Waals surface area contributed by atoms with Crippen molar-refractivity contribution in [3.8, 4) is 0 Å². The van der Waals surface area contributed by atoms with Crippen molar-refractivity contribution in [2.24, 2.45) is 0 Å². The topological polar surface area (TPSA) is 48.7 Å². The Labute approximate surface area is 113 Å². The summed E-state index contributed by atoms with van der Waals surface area (Å²) in [6, 6.07) is 2.38. The number of aryl methyl sites for hydroxylation is 2. The molecule has 0 atom stereocenters. The van der Waals surface area contributed by atoms with Crippen molar-refractivity contribution < 1.29 is 9.21 Å². The van der Waals surface area contributed by atoms with Gasteiger partial charge in [-0.05, 0) is 19.9 Å². The molecule has 1 N–H and O–H groups in total. The summed E-state index contributed by atoms with van der Waals surface area (Å²) in [7, 11) is 0. The summed E-state index contributed by atoms with van der Waals surface area (Å²) < 4.78 is 5.43. The summed E-state index contributed by atoms with van der Waals surface area (Å²) in [5, 5.41) is 3.35. The van der Waals surface area contributed by atoms with Crippen LogP contribution in [0, 0.1) is 13.8 Å². The number of likely N-dealkylation sites (tertiary alicyclic amines) is 1. The zero-order chi connectivity index (χ0) is 13.4. The minimum atomic E-state index is 0.112. The number of hydrogen-bond donors (Lipinski definition) is 1. The molecular weight excluding hydrogens is 242 g/mol. The molecule has 0 radical (unpaired) electrons. The number of carbonyl (C=O) groups excluding carboxylic acids is 1. The Balaban J connectivity index is 1.58. The van der Waals surface area contributed by atoms with Gasteiger partial charge in [0.2, 0.25) is 0 Å². The largest absolute Gasteiger partial charge is 0.466 e. The third kappa shape index (κ3) is 2.40. The molecule has 0 unspecified atom stereocenters. The molecule has 1 amide bonds. The van der Waals surface area contributed by atoms with Crippen LogP contribution in [-0.2, 0) is 0 Å². The second-order valence-electron chi connectivity index (χ2n) is 5.48. The van der Waals surface area contributed by atoms with Crippen LogP contribution in [0.4, 0.5) is 0 Å². The molecule has 0 aromatic carbocycles. The molecular formula is C14H21N3O2. The zero-order valence-electron chi connectivity index (χ0n) is 11.6. The van der Waals surface area contributed by atoms with Gasteiger partial charge in [-0.15, -0.1) is 0 Å². The van der Waals surface area contributed by atoms with E-state index in [0.29, 0.717) is 6.04 Å². The smallest absolute Gasteiger partial charge is 0.257 e. The van der Waals surface area contributed by atoms with Crippen LogP contribution < -0.4 is 5.32 Å². The average Bonchev–Trinajstić information content (AvgIpc) is 2.68. The van der Waals surface area contributed by atoms with E-state index in [9.17, 15) is 4.79 Å². The first-order chi connectivity index (χ1) is 9.15. The van der Waals surface area contributed by atoms with Gasteiger partial charge in [0.05, 0.1) is 5.56 Å². The van der Waals surface area contributed by atoms with Gasteiger partial charge >= 0.3 is 0 Å². The lowest BCUT2D eigenvalue weighted by molar-refractivity contribution is 0.0226. The maximum absolute atomic E-state index is 12.3. The van der Waals surface area contributed by atoms with Crippen molar-refractivity contribution in [3.05, 3.63) is 23.2 Å². The number of amides is 1. The normalized spacial score (nSPS) is 21.5. The van der Waals surface area contributed by atoms with Gasteiger partial charge < -0.3 is 14.6 Å². The Hall–Kier alpha value is -1.33. The molecule has 0 saturated carbocycles. The fraction of sp³-hybridized carbons (Fsp3) is 0.643. The van der Waals surface area contributed by atoms with E-state index in [1.54, 1.807) is 0 Å². The van der Waals surface area contributed by atoms with Crippen LogP contribution in [0.2, 0.25) is 0 Å². The molecule has 3 heterocycles. The molecule has 1 aromatic rings. The Morgan fingerprint density at radius 1 is 1.32 bits per heavy atom. The second kappa shape index (κ2) is 4.98. The molecule has 0 bridgehead atoms. The average molecular weight is 263 g/mol. The zero-order valence-corrected chi connectivity index (χ0v) is 11.6. The van der Waals surface area contributed by atoms with Crippen molar-refractivity contribution in [1.29, 1.82) is 0 Å². The number of carbonyl (C=O) groups is 1. The molecule has 1 aromatic heterocycles. The van der Waals surface area contributed by atoms with Crippen LogP contribution >= 0.6 is 0 Å². The second-order valence-corrected chi connectivity index (χ2v) is 5.48. The SMILES string of the molecule is Cc1cc(C(=O)N2CC(N3CCNCC3)C2)c(C)o1. The lowest BCUT2D eigenvalue weighted by Crippen LogP contribution is -2.63. The number of piperazine rings is 1. The highest BCUT2D eigenvalue weighted by Gasteiger charge is 2.36. The number of hydrogen-bond acceptors (Lipinski definition) is 4. The Morgan fingerprint density at radius 3 is 2.58 bits per heavy atom. The molecule has 2 aliphatic rings. The van der Waals surface area contributed by atoms with Gasteiger partial charge in [-0.25, -0.2) is 0 Å². The molecule has 19 heavy (non-hydrogen) atoms. The number of nitrogens with one attached hydrogen (secondary N) is 1. The van der Waals surface area contributed by atoms with E-state index in [2.05, 4.69) is 10.2 Å². The van der Waals surface area contributed by atoms with Crippen molar-refractivity contribution in [1.82, 2.24) is 15.1 Å². The lowest BCUT2D eigenvalue weighted by atomic mass is 10.0. The highest BCUT2D eigenvalue weighted by molar-refractivity contribution is 5.95. The summed E-state index contributed by atoms with van der Waals surface area (Å²) in [5.74, 6) is 1.65. The van der Waals surface area contributed by atoms with Crippen LogP contribution in [0.25, 0.3) is 0 Å². The van der Waals surface area contributed by atoms with Gasteiger partial charge in [0.1, 0.15) is 11.5 Å². The lowest BCUT2D eigenvalue weighted by Gasteiger charge is -2.46. The molecule has 2 aliphatic heterocycles. The summed E-state index contributed by atoms with van der Waals surface area (Å²) in [5.41, 5.74) is 0.719. The molecule has 104 valence electrons. The first-order valence-corrected chi connectivity index (χ1v) is 6.96. The van der Waals surface area contributed by atoms with E-state index in [1.807, 2.05) is 24.8 Å². The highest BCUT2D eigenvalue weighted by Crippen LogP contribution is 2.22. The van der Waals surface area contributed by atoms with Crippen molar-refractivity contribution >= 4 is 5.91 Å². The van der Waals surface area contributed by atoms with E-state index in [4.69, 9.17) is 4.42 Å². The number of rotatable bonds is 2. The maximum atomic E-state index is 12.3. The fourth-order valence-electron chi connectivity index (χ4n) is 2.91. The quantitative estimate of drug-likeness (QED) is 0.850. The molecule has 5 heteroatoms. The third-order valence-corrected chi connectivity index (χ3v) is 4.09. The van der Waals surface area contributed by atoms with Gasteiger partial charge in [0.15, 0.2) is 0 Å². The van der Waals surface area contributed by atoms with Crippen LogP contribution in [0.15, 0.2) is 10.5 Å². The van der Waals surface area contributed by atoms with Crippen LogP contribution in [0.1, 0.15) is 21.9 Å². The third-order valence-electron chi connectivity index (χ3n) is 4.09. The van der Waals surface area contributed by atoms with E-state index < -0.39 is 0 Å². The van der Waals surface area contributed by atoms with Crippen LogP contribution in [-0.4, -0.2) is 61.0 Å². The minimum Gasteiger partial charge on any atom is -0.466 e.